The van der Waals surface area contributed by atoms with Crippen LogP contribution >= 0.6 is 0 Å². The van der Waals surface area contributed by atoms with Gasteiger partial charge < -0.3 is 0 Å². The van der Waals surface area contributed by atoms with E-state index >= 15 is 0 Å². The molecule has 1 aliphatic carbocycles. The Hall–Kier alpha value is -1.15. The number of ether oxygens (including phenoxy) is 1. The van der Waals surface area contributed by atoms with Gasteiger partial charge in [0.1, 0.15) is 0 Å². The molecule has 0 spiro atoms. The van der Waals surface area contributed by atoms with Crippen LogP contribution in [0.1, 0.15) is 23.1 Å². The zero-order chi connectivity index (χ0) is 16.8. The van der Waals surface area contributed by atoms with E-state index in [2.05, 4.69) is 41.1 Å². The summed E-state index contributed by atoms with van der Waals surface area (Å²) in [5.41, 5.74) is 2.61. The molecular weight excluding hydrogens is 427 g/mol. The third-order valence-corrected chi connectivity index (χ3v) is 7.71. The molecule has 0 saturated carbocycles. The van der Waals surface area contributed by atoms with Crippen LogP contribution < -0.4 is 31.0 Å². The summed E-state index contributed by atoms with van der Waals surface area (Å²) < 4.78 is 7.81. The molecule has 0 radical (unpaired) electrons. The number of hydrogen-bond acceptors (Lipinski definition) is 5. The van der Waals surface area contributed by atoms with Gasteiger partial charge in [-0.05, 0) is 0 Å². The predicted octanol–water partition coefficient (Wildman–Crippen LogP) is -0.832. The average molecular weight is 451 g/mol. The molecule has 4 heterocycles. The van der Waals surface area contributed by atoms with Gasteiger partial charge in [-0.3, -0.25) is 0 Å². The molecule has 2 fully saturated rings. The molecule has 0 bridgehead atoms. The molecule has 134 valence electrons. The number of allylic oxidation sites excluding steroid dienone is 2. The van der Waals surface area contributed by atoms with Gasteiger partial charge in [-0.1, -0.05) is 0 Å². The Morgan fingerprint density at radius 3 is 3.12 bits per heavy atom. The number of hydrogen-bond donors (Lipinski definition) is 0. The number of halogens is 1. The first-order valence-electron chi connectivity index (χ1n) is 9.19. The predicted molar refractivity (Wildman–Crippen MR) is 94.8 cm³/mol. The Labute approximate surface area is 159 Å². The van der Waals surface area contributed by atoms with Gasteiger partial charge in [-0.25, -0.2) is 0 Å². The quantitative estimate of drug-likeness (QED) is 0.444. The van der Waals surface area contributed by atoms with Gasteiger partial charge in [0.25, 0.3) is 0 Å². The van der Waals surface area contributed by atoms with Crippen LogP contribution in [0.15, 0.2) is 30.0 Å². The van der Waals surface area contributed by atoms with E-state index < -0.39 is 0 Å². The number of anilines is 2. The van der Waals surface area contributed by atoms with Gasteiger partial charge in [-0.2, -0.15) is 0 Å². The maximum absolute atomic E-state index is 5.76. The summed E-state index contributed by atoms with van der Waals surface area (Å²) in [5, 5.41) is 0. The Balaban J connectivity index is 1.47. The van der Waals surface area contributed by atoms with Crippen LogP contribution in [0.5, 0.6) is 0 Å². The van der Waals surface area contributed by atoms with Crippen molar-refractivity contribution in [1.29, 1.82) is 0 Å². The van der Waals surface area contributed by atoms with Crippen LogP contribution in [0.25, 0.3) is 0 Å². The van der Waals surface area contributed by atoms with E-state index in [0.717, 1.165) is 50.9 Å². The molecule has 3 unspecified atom stereocenters. The van der Waals surface area contributed by atoms with E-state index in [1.165, 1.54) is 15.7 Å². The van der Waals surface area contributed by atoms with Crippen LogP contribution in [0.3, 0.4) is 0 Å². The van der Waals surface area contributed by atoms with Gasteiger partial charge in [0.2, 0.25) is 0 Å². The average Bonchev–Trinajstić information content (AvgIpc) is 3.48. The third kappa shape index (κ3) is 3.18. The molecular formula is C19H24IN4O-. The van der Waals surface area contributed by atoms with Gasteiger partial charge >= 0.3 is 160 Å². The molecule has 1 aromatic rings. The molecule has 3 aliphatic heterocycles. The normalized spacial score (nSPS) is 30.9. The number of nitrogens with zero attached hydrogens (tertiary/aromatic N) is 4. The summed E-state index contributed by atoms with van der Waals surface area (Å²) in [6.45, 7) is 6.76. The van der Waals surface area contributed by atoms with E-state index in [-0.39, 0.29) is 0 Å². The molecule has 2 saturated heterocycles. The minimum atomic E-state index is 0.330. The molecule has 0 aromatic carbocycles. The zero-order valence-electron chi connectivity index (χ0n) is 14.6. The molecule has 4 aliphatic rings. The Kier molecular flexibility index (Phi) is 4.20. The van der Waals surface area contributed by atoms with Gasteiger partial charge in [0, 0.05) is 0 Å². The van der Waals surface area contributed by atoms with Crippen molar-refractivity contribution in [2.24, 2.45) is 5.92 Å². The molecule has 5 nitrogen and oxygen atoms in total. The first-order valence-corrected chi connectivity index (χ1v) is 12.0. The fourth-order valence-corrected chi connectivity index (χ4v) is 5.19. The standard InChI is InChI=1S/C19H24IN4O/c1-13-2-4-14(5-3-13)10-23-11-15-12-25-7-6-24(15)19-17(23)9-21-18(22-19)16-8-20-16/h2,4-5,9,13,15-16H,3,6-8,10-12H2,1H3/q-1. The Morgan fingerprint density at radius 1 is 1.40 bits per heavy atom. The van der Waals surface area contributed by atoms with E-state index in [1.807, 2.05) is 0 Å². The van der Waals surface area contributed by atoms with Gasteiger partial charge in [0.05, 0.1) is 0 Å². The van der Waals surface area contributed by atoms with Crippen molar-refractivity contribution < 1.29 is 25.9 Å². The summed E-state index contributed by atoms with van der Waals surface area (Å²) in [6.07, 6.45) is 10.2. The molecule has 0 amide bonds. The molecule has 1 aromatic heterocycles. The van der Waals surface area contributed by atoms with Crippen LogP contribution in [-0.2, 0) is 4.74 Å². The molecule has 6 heteroatoms. The maximum atomic E-state index is 5.76. The van der Waals surface area contributed by atoms with Crippen molar-refractivity contribution in [3.63, 3.8) is 0 Å². The molecule has 25 heavy (non-hydrogen) atoms. The summed E-state index contributed by atoms with van der Waals surface area (Å²) in [4.78, 5) is 14.7. The topological polar surface area (TPSA) is 41.5 Å². The summed E-state index contributed by atoms with van der Waals surface area (Å²) in [5.74, 6) is 2.89. The number of rotatable bonds is 3. The second-order valence-electron chi connectivity index (χ2n) is 7.37. The van der Waals surface area contributed by atoms with Crippen molar-refractivity contribution in [1.82, 2.24) is 9.97 Å². The van der Waals surface area contributed by atoms with Crippen LogP contribution in [0.2, 0.25) is 0 Å². The molecule has 3 atom stereocenters. The second-order valence-corrected chi connectivity index (χ2v) is 10.6. The van der Waals surface area contributed by atoms with Crippen LogP contribution in [-0.4, -0.2) is 53.3 Å². The minimum absolute atomic E-state index is 0.330. The van der Waals surface area contributed by atoms with Crippen LogP contribution in [0, 0.1) is 5.92 Å². The number of morpholine rings is 1. The molecule has 0 N–H and O–H groups in total. The van der Waals surface area contributed by atoms with Crippen LogP contribution in [0.4, 0.5) is 11.5 Å². The fourth-order valence-electron chi connectivity index (χ4n) is 3.84. The van der Waals surface area contributed by atoms with Crippen molar-refractivity contribution in [3.8, 4) is 0 Å². The summed E-state index contributed by atoms with van der Waals surface area (Å²) >= 11 is 0.330. The summed E-state index contributed by atoms with van der Waals surface area (Å²) in [7, 11) is 0. The Bertz CT molecular complexity index is 730. The number of alkyl halides is 2. The third-order valence-electron chi connectivity index (χ3n) is 5.39. The second kappa shape index (κ2) is 6.54. The van der Waals surface area contributed by atoms with Crippen molar-refractivity contribution in [3.05, 3.63) is 35.8 Å². The van der Waals surface area contributed by atoms with Gasteiger partial charge in [0.15, 0.2) is 0 Å². The monoisotopic (exact) mass is 451 g/mol. The summed E-state index contributed by atoms with van der Waals surface area (Å²) in [6, 6.07) is 0.407. The number of fused-ring (bicyclic) bond motifs is 3. The van der Waals surface area contributed by atoms with Crippen molar-refractivity contribution in [2.75, 3.05) is 47.1 Å². The Morgan fingerprint density at radius 2 is 2.32 bits per heavy atom. The van der Waals surface area contributed by atoms with E-state index in [0.29, 0.717) is 37.1 Å². The van der Waals surface area contributed by atoms with Crippen molar-refractivity contribution >= 4 is 11.5 Å². The van der Waals surface area contributed by atoms with E-state index in [4.69, 9.17) is 14.7 Å². The van der Waals surface area contributed by atoms with Gasteiger partial charge in [-0.15, -0.1) is 0 Å². The first-order chi connectivity index (χ1) is 12.3. The molecule has 5 rings (SSSR count). The first kappa shape index (κ1) is 16.1. The van der Waals surface area contributed by atoms with E-state index in [1.54, 1.807) is 0 Å². The van der Waals surface area contributed by atoms with E-state index in [9.17, 15) is 0 Å². The SMILES string of the molecule is CC1C=CC(CN2CC3COCCN3c3nc(C4C[I-]4)ncc32)=CC1. The zero-order valence-corrected chi connectivity index (χ0v) is 16.7. The van der Waals surface area contributed by atoms with Crippen molar-refractivity contribution in [2.45, 2.75) is 23.3 Å². The number of aromatic nitrogens is 2. The fraction of sp³-hybridized carbons (Fsp3) is 0.579.